The second kappa shape index (κ2) is 9.17. The average molecular weight is 452 g/mol. The van der Waals surface area contributed by atoms with Gasteiger partial charge in [-0.3, -0.25) is 4.79 Å². The first-order valence-corrected chi connectivity index (χ1v) is 12.0. The lowest BCUT2D eigenvalue weighted by Gasteiger charge is -2.53. The van der Waals surface area contributed by atoms with Gasteiger partial charge in [0, 0.05) is 54.6 Å². The average Bonchev–Trinajstić information content (AvgIpc) is 2.85. The van der Waals surface area contributed by atoms with Crippen LogP contribution in [0.15, 0.2) is 36.5 Å². The van der Waals surface area contributed by atoms with Gasteiger partial charge in [0.1, 0.15) is 0 Å². The molecule has 0 spiro atoms. The number of nitrogens with one attached hydrogen (secondary N) is 2. The summed E-state index contributed by atoms with van der Waals surface area (Å²) in [5.41, 5.74) is 2.34. The number of carbonyl (C=O) groups excluding carboxylic acids is 1. The molecule has 1 aromatic heterocycles. The summed E-state index contributed by atoms with van der Waals surface area (Å²) >= 11 is 0. The first kappa shape index (κ1) is 21.9. The minimum absolute atomic E-state index is 0.0108. The molecule has 4 aliphatic rings. The van der Waals surface area contributed by atoms with Gasteiger partial charge in [0.25, 0.3) is 0 Å². The molecule has 176 valence electrons. The highest BCUT2D eigenvalue weighted by Gasteiger charge is 2.49. The largest absolute Gasteiger partial charge is 0.477 e. The van der Waals surface area contributed by atoms with Gasteiger partial charge in [0.15, 0.2) is 0 Å². The fourth-order valence-corrected chi connectivity index (χ4v) is 5.46. The maximum Gasteiger partial charge on any atom is 0.230 e. The van der Waals surface area contributed by atoms with Crippen LogP contribution in [0.2, 0.25) is 0 Å². The fraction of sp³-hybridized carbons (Fsp3) is 0.560. The van der Waals surface area contributed by atoms with Crippen molar-refractivity contribution in [2.24, 2.45) is 5.41 Å². The molecule has 0 radical (unpaired) electrons. The van der Waals surface area contributed by atoms with Crippen LogP contribution in [0.4, 0.5) is 17.3 Å². The number of hydrogen-bond acceptors (Lipinski definition) is 7. The number of fused-ring (bicyclic) bond motifs is 3. The van der Waals surface area contributed by atoms with Gasteiger partial charge >= 0.3 is 0 Å². The van der Waals surface area contributed by atoms with Crippen LogP contribution in [0.3, 0.4) is 0 Å². The molecule has 8 heteroatoms. The highest BCUT2D eigenvalue weighted by atomic mass is 16.5. The Labute approximate surface area is 195 Å². The van der Waals surface area contributed by atoms with Crippen molar-refractivity contribution in [1.29, 1.82) is 0 Å². The van der Waals surface area contributed by atoms with E-state index < -0.39 is 0 Å². The molecule has 3 saturated carbocycles. The van der Waals surface area contributed by atoms with E-state index in [2.05, 4.69) is 37.6 Å². The Morgan fingerprint density at radius 2 is 1.76 bits per heavy atom. The Bertz CT molecular complexity index is 950. The second-order valence-corrected chi connectivity index (χ2v) is 9.74. The van der Waals surface area contributed by atoms with Gasteiger partial charge in [-0.15, -0.1) is 0 Å². The number of ether oxygens (including phenoxy) is 2. The highest BCUT2D eigenvalue weighted by molar-refractivity contribution is 5.73. The molecule has 2 heterocycles. The molecule has 1 aromatic carbocycles. The number of aromatic nitrogens is 2. The van der Waals surface area contributed by atoms with Crippen LogP contribution in [0.5, 0.6) is 5.88 Å². The summed E-state index contributed by atoms with van der Waals surface area (Å²) in [4.78, 5) is 22.8. The van der Waals surface area contributed by atoms with Gasteiger partial charge in [-0.1, -0.05) is 0 Å². The van der Waals surface area contributed by atoms with Gasteiger partial charge < -0.3 is 25.0 Å². The van der Waals surface area contributed by atoms with E-state index >= 15 is 0 Å². The van der Waals surface area contributed by atoms with Crippen LogP contribution >= 0.6 is 0 Å². The van der Waals surface area contributed by atoms with Crippen molar-refractivity contribution in [3.63, 3.8) is 0 Å². The number of rotatable bonds is 7. The minimum atomic E-state index is 0.0108. The van der Waals surface area contributed by atoms with Gasteiger partial charge in [-0.25, -0.2) is 4.98 Å². The van der Waals surface area contributed by atoms with Crippen molar-refractivity contribution in [1.82, 2.24) is 15.3 Å². The lowest BCUT2D eigenvalue weighted by Crippen LogP contribution is -2.57. The Morgan fingerprint density at radius 1 is 1.06 bits per heavy atom. The lowest BCUT2D eigenvalue weighted by molar-refractivity contribution is -0.123. The number of hydrogen-bond donors (Lipinski definition) is 2. The molecule has 1 aliphatic heterocycles. The molecule has 2 N–H and O–H groups in total. The van der Waals surface area contributed by atoms with Crippen LogP contribution in [-0.4, -0.2) is 54.3 Å². The minimum Gasteiger partial charge on any atom is -0.477 e. The van der Waals surface area contributed by atoms with E-state index in [0.717, 1.165) is 70.5 Å². The predicted octanol–water partition coefficient (Wildman–Crippen LogP) is 3.66. The number of amides is 1. The third-order valence-electron chi connectivity index (χ3n) is 7.50. The Hall–Kier alpha value is -2.87. The third-order valence-corrected chi connectivity index (χ3v) is 7.50. The van der Waals surface area contributed by atoms with Crippen LogP contribution in [-0.2, 0) is 9.53 Å². The molecule has 4 fully saturated rings. The molecule has 3 aliphatic carbocycles. The summed E-state index contributed by atoms with van der Waals surface area (Å²) in [6, 6.07) is 10.1. The fourth-order valence-electron chi connectivity index (χ4n) is 5.46. The molecule has 0 unspecified atom stereocenters. The zero-order chi connectivity index (χ0) is 22.7. The number of carbonyl (C=O) groups is 1. The highest BCUT2D eigenvalue weighted by Crippen LogP contribution is 2.52. The van der Waals surface area contributed by atoms with E-state index in [4.69, 9.17) is 9.47 Å². The summed E-state index contributed by atoms with van der Waals surface area (Å²) in [5.74, 6) is 1.20. The maximum atomic E-state index is 11.6. The first-order chi connectivity index (χ1) is 16.0. The van der Waals surface area contributed by atoms with Crippen molar-refractivity contribution < 1.29 is 14.3 Å². The van der Waals surface area contributed by atoms with E-state index in [-0.39, 0.29) is 16.9 Å². The van der Waals surface area contributed by atoms with Crippen molar-refractivity contribution in [2.45, 2.75) is 51.0 Å². The van der Waals surface area contributed by atoms with Gasteiger partial charge in [-0.2, -0.15) is 4.98 Å². The number of benzene rings is 1. The predicted molar refractivity (Wildman–Crippen MR) is 127 cm³/mol. The molecule has 1 amide bonds. The molecular formula is C25H33N5O3. The number of morpholine rings is 1. The Kier molecular flexibility index (Phi) is 6.10. The Balaban J connectivity index is 1.16. The molecular weight excluding hydrogens is 418 g/mol. The number of anilines is 3. The smallest absolute Gasteiger partial charge is 0.230 e. The van der Waals surface area contributed by atoms with Crippen molar-refractivity contribution in [3.8, 4) is 5.88 Å². The second-order valence-electron chi connectivity index (χ2n) is 9.74. The normalized spacial score (nSPS) is 26.6. The molecule has 2 bridgehead atoms. The molecule has 8 nitrogen and oxygen atoms in total. The van der Waals surface area contributed by atoms with E-state index in [0.29, 0.717) is 18.4 Å². The van der Waals surface area contributed by atoms with Gasteiger partial charge in [0.05, 0.1) is 19.8 Å². The molecule has 33 heavy (non-hydrogen) atoms. The zero-order valence-electron chi connectivity index (χ0n) is 19.3. The topological polar surface area (TPSA) is 88.6 Å². The summed E-state index contributed by atoms with van der Waals surface area (Å²) in [6.07, 6.45) is 8.08. The van der Waals surface area contributed by atoms with Crippen molar-refractivity contribution >= 4 is 23.2 Å². The van der Waals surface area contributed by atoms with Crippen LogP contribution in [0.25, 0.3) is 0 Å². The molecule has 6 rings (SSSR count). The maximum absolute atomic E-state index is 11.6. The van der Waals surface area contributed by atoms with E-state index in [9.17, 15) is 4.79 Å². The lowest BCUT2D eigenvalue weighted by atomic mass is 9.57. The monoisotopic (exact) mass is 451 g/mol. The SMILES string of the molecule is CC(=O)NC12CCC(COc3ccnc(Nc4ccc(N5CCOCC5)cc4)n3)(CC1)CC2. The van der Waals surface area contributed by atoms with Crippen LogP contribution < -0.4 is 20.3 Å². The van der Waals surface area contributed by atoms with Gasteiger partial charge in [-0.05, 0) is 62.8 Å². The standard InChI is InChI=1S/C25H33N5O3/c1-19(31)29-25-10-7-24(8-11-25,9-12-25)18-33-22-6-13-26-23(28-22)27-20-2-4-21(5-3-20)30-14-16-32-17-15-30/h2-6,13H,7-12,14-18H2,1H3,(H,29,31)(H,26,27,28). The van der Waals surface area contributed by atoms with E-state index in [1.807, 2.05) is 18.2 Å². The quantitative estimate of drug-likeness (QED) is 0.664. The summed E-state index contributed by atoms with van der Waals surface area (Å²) in [6.45, 7) is 5.67. The molecule has 1 saturated heterocycles. The molecule has 0 atom stereocenters. The van der Waals surface area contributed by atoms with E-state index in [1.54, 1.807) is 13.1 Å². The summed E-state index contributed by atoms with van der Waals surface area (Å²) in [7, 11) is 0. The van der Waals surface area contributed by atoms with Crippen LogP contribution in [0.1, 0.15) is 45.4 Å². The van der Waals surface area contributed by atoms with E-state index in [1.165, 1.54) is 5.69 Å². The zero-order valence-corrected chi connectivity index (χ0v) is 19.3. The third kappa shape index (κ3) is 5.05. The van der Waals surface area contributed by atoms with Crippen LogP contribution in [0, 0.1) is 5.41 Å². The summed E-state index contributed by atoms with van der Waals surface area (Å²) in [5, 5.41) is 6.49. The Morgan fingerprint density at radius 3 is 2.42 bits per heavy atom. The molecule has 2 aromatic rings. The van der Waals surface area contributed by atoms with Crippen molar-refractivity contribution in [3.05, 3.63) is 36.5 Å². The number of nitrogens with zero attached hydrogens (tertiary/aromatic N) is 3. The van der Waals surface area contributed by atoms with Crippen molar-refractivity contribution in [2.75, 3.05) is 43.1 Å². The first-order valence-electron chi connectivity index (χ1n) is 12.0. The van der Waals surface area contributed by atoms with Gasteiger partial charge in [0.2, 0.25) is 17.7 Å². The summed E-state index contributed by atoms with van der Waals surface area (Å²) < 4.78 is 11.6.